The first-order valence-electron chi connectivity index (χ1n) is 10.6. The van der Waals surface area contributed by atoms with Crippen LogP contribution in [0.2, 0.25) is 0 Å². The Bertz CT molecular complexity index is 613. The smallest absolute Gasteiger partial charge is 0.234 e. The van der Waals surface area contributed by atoms with Crippen LogP contribution in [-0.2, 0) is 20.7 Å². The van der Waals surface area contributed by atoms with Gasteiger partial charge < -0.3 is 20.1 Å². The van der Waals surface area contributed by atoms with Crippen LogP contribution in [0, 0.1) is 5.92 Å². The van der Waals surface area contributed by atoms with Gasteiger partial charge in [0.05, 0.1) is 13.7 Å². The van der Waals surface area contributed by atoms with E-state index in [1.54, 1.807) is 7.11 Å². The maximum atomic E-state index is 12.2. The lowest BCUT2D eigenvalue weighted by Crippen LogP contribution is -2.44. The molecule has 1 heterocycles. The molecule has 2 rings (SSSR count). The summed E-state index contributed by atoms with van der Waals surface area (Å²) in [5, 5.41) is 5.98. The summed E-state index contributed by atoms with van der Waals surface area (Å²) >= 11 is 0. The van der Waals surface area contributed by atoms with Gasteiger partial charge in [0.2, 0.25) is 11.8 Å². The predicted octanol–water partition coefficient (Wildman–Crippen LogP) is 1.61. The molecule has 1 fully saturated rings. The molecule has 0 bridgehead atoms. The van der Waals surface area contributed by atoms with E-state index < -0.39 is 0 Å². The summed E-state index contributed by atoms with van der Waals surface area (Å²) in [7, 11) is 1.65. The van der Waals surface area contributed by atoms with E-state index in [2.05, 4.69) is 15.5 Å². The highest BCUT2D eigenvalue weighted by atomic mass is 16.5. The number of hydrogen-bond donors (Lipinski definition) is 2. The van der Waals surface area contributed by atoms with E-state index in [1.165, 1.54) is 5.56 Å². The Balaban J connectivity index is 1.57. The van der Waals surface area contributed by atoms with Crippen molar-refractivity contribution < 1.29 is 19.1 Å². The van der Waals surface area contributed by atoms with Gasteiger partial charge in [-0.25, -0.2) is 0 Å². The van der Waals surface area contributed by atoms with Crippen LogP contribution in [0.3, 0.4) is 0 Å². The van der Waals surface area contributed by atoms with E-state index in [9.17, 15) is 9.59 Å². The lowest BCUT2D eigenvalue weighted by Gasteiger charge is -2.30. The van der Waals surface area contributed by atoms with Crippen molar-refractivity contribution in [2.24, 2.45) is 5.92 Å². The highest BCUT2D eigenvalue weighted by molar-refractivity contribution is 5.79. The van der Waals surface area contributed by atoms with Crippen molar-refractivity contribution in [2.45, 2.75) is 32.6 Å². The van der Waals surface area contributed by atoms with Crippen LogP contribution < -0.4 is 15.4 Å². The minimum Gasteiger partial charge on any atom is -0.497 e. The van der Waals surface area contributed by atoms with Crippen LogP contribution in [0.15, 0.2) is 24.3 Å². The monoisotopic (exact) mass is 405 g/mol. The molecule has 1 aliphatic rings. The Kier molecular flexibility index (Phi) is 10.5. The van der Waals surface area contributed by atoms with Crippen molar-refractivity contribution in [2.75, 3.05) is 53.0 Å². The van der Waals surface area contributed by atoms with Crippen LogP contribution in [-0.4, -0.2) is 69.8 Å². The molecule has 2 N–H and O–H groups in total. The minimum atomic E-state index is 0.0392. The molecule has 162 valence electrons. The van der Waals surface area contributed by atoms with Crippen molar-refractivity contribution in [3.63, 3.8) is 0 Å². The molecule has 0 saturated carbocycles. The van der Waals surface area contributed by atoms with Gasteiger partial charge in [-0.05, 0) is 63.4 Å². The fraction of sp³-hybridized carbons (Fsp3) is 0.636. The molecule has 0 unspecified atom stereocenters. The summed E-state index contributed by atoms with van der Waals surface area (Å²) < 4.78 is 10.4. The number of amides is 2. The Hall–Kier alpha value is -2.12. The average Bonchev–Trinajstić information content (AvgIpc) is 2.74. The molecule has 0 aromatic heterocycles. The molecule has 7 heteroatoms. The molecule has 1 aromatic rings. The van der Waals surface area contributed by atoms with E-state index in [0.717, 1.165) is 44.5 Å². The zero-order valence-corrected chi connectivity index (χ0v) is 17.7. The summed E-state index contributed by atoms with van der Waals surface area (Å²) in [5.74, 6) is 1.05. The number of piperidine rings is 1. The Labute approximate surface area is 174 Å². The van der Waals surface area contributed by atoms with Crippen LogP contribution in [0.5, 0.6) is 5.75 Å². The van der Waals surface area contributed by atoms with E-state index in [0.29, 0.717) is 32.8 Å². The van der Waals surface area contributed by atoms with Crippen LogP contribution in [0.25, 0.3) is 0 Å². The largest absolute Gasteiger partial charge is 0.497 e. The number of ether oxygens (including phenoxy) is 2. The van der Waals surface area contributed by atoms with Crippen molar-refractivity contribution in [1.29, 1.82) is 0 Å². The quantitative estimate of drug-likeness (QED) is 0.517. The fourth-order valence-corrected chi connectivity index (χ4v) is 3.43. The molecule has 1 saturated heterocycles. The number of carbonyl (C=O) groups excluding carboxylic acids is 2. The van der Waals surface area contributed by atoms with Gasteiger partial charge >= 0.3 is 0 Å². The molecular formula is C22H35N3O4. The number of nitrogens with zero attached hydrogens (tertiary/aromatic N) is 1. The third-order valence-electron chi connectivity index (χ3n) is 5.19. The predicted molar refractivity (Wildman–Crippen MR) is 113 cm³/mol. The highest BCUT2D eigenvalue weighted by Gasteiger charge is 2.25. The number of likely N-dealkylation sites (tertiary alicyclic amines) is 1. The molecule has 7 nitrogen and oxygen atoms in total. The van der Waals surface area contributed by atoms with E-state index in [4.69, 9.17) is 9.47 Å². The summed E-state index contributed by atoms with van der Waals surface area (Å²) in [5.41, 5.74) is 1.17. The molecule has 29 heavy (non-hydrogen) atoms. The highest BCUT2D eigenvalue weighted by Crippen LogP contribution is 2.17. The topological polar surface area (TPSA) is 79.9 Å². The summed E-state index contributed by atoms with van der Waals surface area (Å²) in [4.78, 5) is 26.5. The van der Waals surface area contributed by atoms with Gasteiger partial charge in [0.15, 0.2) is 0 Å². The second-order valence-electron chi connectivity index (χ2n) is 7.34. The second-order valence-corrected chi connectivity index (χ2v) is 7.34. The zero-order chi connectivity index (χ0) is 20.9. The maximum absolute atomic E-state index is 12.2. The standard InChI is InChI=1S/C22H35N3O4/c1-3-29-16-4-12-24-22(27)19-10-14-25(15-11-19)17-21(26)23-13-9-18-5-7-20(28-2)8-6-18/h5-8,19H,3-4,9-17H2,1-2H3,(H,23,26)(H,24,27). The van der Waals surface area contributed by atoms with Crippen LogP contribution >= 0.6 is 0 Å². The fourth-order valence-electron chi connectivity index (χ4n) is 3.43. The maximum Gasteiger partial charge on any atom is 0.234 e. The van der Waals surface area contributed by atoms with Crippen molar-refractivity contribution in [1.82, 2.24) is 15.5 Å². The number of benzene rings is 1. The third kappa shape index (κ3) is 8.83. The van der Waals surface area contributed by atoms with Gasteiger partial charge in [-0.15, -0.1) is 0 Å². The number of nitrogens with one attached hydrogen (secondary N) is 2. The Morgan fingerprint density at radius 1 is 1.10 bits per heavy atom. The summed E-state index contributed by atoms with van der Waals surface area (Å²) in [6.07, 6.45) is 3.24. The molecule has 0 aliphatic carbocycles. The van der Waals surface area contributed by atoms with Gasteiger partial charge in [-0.2, -0.15) is 0 Å². The van der Waals surface area contributed by atoms with E-state index in [1.807, 2.05) is 31.2 Å². The van der Waals surface area contributed by atoms with E-state index >= 15 is 0 Å². The Morgan fingerprint density at radius 3 is 2.48 bits per heavy atom. The number of rotatable bonds is 12. The number of hydrogen-bond acceptors (Lipinski definition) is 5. The van der Waals surface area contributed by atoms with Crippen molar-refractivity contribution in [3.8, 4) is 5.75 Å². The van der Waals surface area contributed by atoms with Gasteiger partial charge in [-0.1, -0.05) is 12.1 Å². The first-order chi connectivity index (χ1) is 14.1. The van der Waals surface area contributed by atoms with Gasteiger partial charge in [0, 0.05) is 32.2 Å². The lowest BCUT2D eigenvalue weighted by molar-refractivity contribution is -0.126. The third-order valence-corrected chi connectivity index (χ3v) is 5.19. The summed E-state index contributed by atoms with van der Waals surface area (Å²) in [6.45, 7) is 6.59. The summed E-state index contributed by atoms with van der Waals surface area (Å²) in [6, 6.07) is 7.88. The lowest BCUT2D eigenvalue weighted by atomic mass is 9.96. The van der Waals surface area contributed by atoms with Gasteiger partial charge in [0.25, 0.3) is 0 Å². The minimum absolute atomic E-state index is 0.0392. The van der Waals surface area contributed by atoms with Gasteiger partial charge in [-0.3, -0.25) is 14.5 Å². The SMILES string of the molecule is CCOCCCNC(=O)C1CCN(CC(=O)NCCc2ccc(OC)cc2)CC1. The van der Waals surface area contributed by atoms with Crippen LogP contribution in [0.1, 0.15) is 31.7 Å². The van der Waals surface area contributed by atoms with E-state index in [-0.39, 0.29) is 17.7 Å². The van der Waals surface area contributed by atoms with Gasteiger partial charge in [0.1, 0.15) is 5.75 Å². The van der Waals surface area contributed by atoms with Crippen molar-refractivity contribution in [3.05, 3.63) is 29.8 Å². The molecule has 0 spiro atoms. The second kappa shape index (κ2) is 13.2. The first-order valence-corrected chi connectivity index (χ1v) is 10.6. The normalized spacial score (nSPS) is 15.1. The van der Waals surface area contributed by atoms with Crippen LogP contribution in [0.4, 0.5) is 0 Å². The molecular weight excluding hydrogens is 370 g/mol. The molecule has 1 aliphatic heterocycles. The molecule has 0 atom stereocenters. The molecule has 1 aromatic carbocycles. The number of methoxy groups -OCH3 is 1. The Morgan fingerprint density at radius 2 is 1.83 bits per heavy atom. The molecule has 2 amide bonds. The van der Waals surface area contributed by atoms with Crippen molar-refractivity contribution >= 4 is 11.8 Å². The first kappa shape index (κ1) is 23.2. The number of carbonyl (C=O) groups is 2. The molecule has 0 radical (unpaired) electrons. The average molecular weight is 406 g/mol. The zero-order valence-electron chi connectivity index (χ0n) is 17.7.